The number of methoxy groups -OCH3 is 1. The zero-order valence-corrected chi connectivity index (χ0v) is 16.8. The Morgan fingerprint density at radius 2 is 2.11 bits per heavy atom. The van der Waals surface area contributed by atoms with Crippen LogP contribution in [0, 0.1) is 0 Å². The minimum absolute atomic E-state index is 0.00708. The first-order valence-corrected chi connectivity index (χ1v) is 9.59. The molecule has 2 aromatic rings. The number of nitrogens with one attached hydrogen (secondary N) is 1. The molecule has 3 rings (SSSR count). The second-order valence-corrected chi connectivity index (χ2v) is 7.37. The van der Waals surface area contributed by atoms with Crippen LogP contribution in [0.3, 0.4) is 0 Å². The molecule has 1 unspecified atom stereocenters. The lowest BCUT2D eigenvalue weighted by molar-refractivity contribution is -0.122. The average Bonchev–Trinajstić information content (AvgIpc) is 3.15. The maximum atomic E-state index is 12.7. The van der Waals surface area contributed by atoms with Gasteiger partial charge in [-0.05, 0) is 25.1 Å². The number of para-hydroxylation sites is 1. The molecule has 150 valence electrons. The van der Waals surface area contributed by atoms with E-state index in [1.807, 2.05) is 30.3 Å². The second kappa shape index (κ2) is 9.12. The van der Waals surface area contributed by atoms with E-state index in [2.05, 4.69) is 10.2 Å². The standard InChI is InChI=1S/C21H28N4O3/c1-24(2)21(27)17-12-19(23-18-7-5-4-6-16(17)18)15-8-10-25(13-15)14-20(26)22-9-11-28-3/h4-7,12,15H,8-11,13-14H2,1-3H3,(H,22,26). The van der Waals surface area contributed by atoms with E-state index >= 15 is 0 Å². The van der Waals surface area contributed by atoms with E-state index in [0.717, 1.165) is 36.1 Å². The van der Waals surface area contributed by atoms with E-state index in [9.17, 15) is 9.59 Å². The maximum Gasteiger partial charge on any atom is 0.254 e. The summed E-state index contributed by atoms with van der Waals surface area (Å²) in [6.07, 6.45) is 0.923. The van der Waals surface area contributed by atoms with Gasteiger partial charge in [-0.1, -0.05) is 18.2 Å². The Morgan fingerprint density at radius 3 is 2.86 bits per heavy atom. The summed E-state index contributed by atoms with van der Waals surface area (Å²) in [6, 6.07) is 9.68. The molecular weight excluding hydrogens is 356 g/mol. The molecule has 1 fully saturated rings. The molecule has 2 heterocycles. The molecule has 28 heavy (non-hydrogen) atoms. The molecule has 1 atom stereocenters. The van der Waals surface area contributed by atoms with Crippen LogP contribution in [-0.4, -0.2) is 80.6 Å². The Kier molecular flexibility index (Phi) is 6.59. The van der Waals surface area contributed by atoms with Crippen LogP contribution in [0.2, 0.25) is 0 Å². The largest absolute Gasteiger partial charge is 0.383 e. The van der Waals surface area contributed by atoms with Gasteiger partial charge in [-0.15, -0.1) is 0 Å². The van der Waals surface area contributed by atoms with Crippen molar-refractivity contribution >= 4 is 22.7 Å². The van der Waals surface area contributed by atoms with Crippen LogP contribution in [0.5, 0.6) is 0 Å². The van der Waals surface area contributed by atoms with Crippen LogP contribution in [0.1, 0.15) is 28.4 Å². The summed E-state index contributed by atoms with van der Waals surface area (Å²) in [6.45, 7) is 3.01. The van der Waals surface area contributed by atoms with Crippen LogP contribution >= 0.6 is 0 Å². The van der Waals surface area contributed by atoms with Crippen LogP contribution in [-0.2, 0) is 9.53 Å². The Balaban J connectivity index is 1.75. The highest BCUT2D eigenvalue weighted by Crippen LogP contribution is 2.29. The summed E-state index contributed by atoms with van der Waals surface area (Å²) >= 11 is 0. The topological polar surface area (TPSA) is 74.8 Å². The van der Waals surface area contributed by atoms with Gasteiger partial charge in [0.2, 0.25) is 5.91 Å². The molecule has 0 saturated carbocycles. The fraction of sp³-hybridized carbons (Fsp3) is 0.476. The number of pyridine rings is 1. The lowest BCUT2D eigenvalue weighted by Gasteiger charge is -2.17. The smallest absolute Gasteiger partial charge is 0.254 e. The van der Waals surface area contributed by atoms with Gasteiger partial charge < -0.3 is 15.0 Å². The summed E-state index contributed by atoms with van der Waals surface area (Å²) in [5.41, 5.74) is 2.44. The third kappa shape index (κ3) is 4.66. The van der Waals surface area contributed by atoms with Crippen LogP contribution in [0.15, 0.2) is 30.3 Å². The van der Waals surface area contributed by atoms with Crippen LogP contribution in [0.25, 0.3) is 10.9 Å². The minimum Gasteiger partial charge on any atom is -0.383 e. The number of hydrogen-bond acceptors (Lipinski definition) is 5. The van der Waals surface area contributed by atoms with Gasteiger partial charge in [0.05, 0.1) is 24.2 Å². The molecule has 1 N–H and O–H groups in total. The quantitative estimate of drug-likeness (QED) is 0.732. The number of hydrogen-bond donors (Lipinski definition) is 1. The van der Waals surface area contributed by atoms with Crippen molar-refractivity contribution in [2.45, 2.75) is 12.3 Å². The molecule has 1 saturated heterocycles. The highest BCUT2D eigenvalue weighted by Gasteiger charge is 2.27. The van der Waals surface area contributed by atoms with Crippen molar-refractivity contribution in [1.29, 1.82) is 0 Å². The van der Waals surface area contributed by atoms with Gasteiger partial charge in [0.25, 0.3) is 5.91 Å². The molecule has 7 heteroatoms. The predicted molar refractivity (Wildman–Crippen MR) is 108 cm³/mol. The Labute approximate surface area is 165 Å². The van der Waals surface area contributed by atoms with Gasteiger partial charge in [-0.3, -0.25) is 19.5 Å². The maximum absolute atomic E-state index is 12.7. The number of benzene rings is 1. The van der Waals surface area contributed by atoms with E-state index in [4.69, 9.17) is 9.72 Å². The minimum atomic E-state index is -0.0211. The van der Waals surface area contributed by atoms with E-state index in [1.165, 1.54) is 0 Å². The molecule has 7 nitrogen and oxygen atoms in total. The molecule has 1 aromatic carbocycles. The molecule has 1 aliphatic heterocycles. The van der Waals surface area contributed by atoms with Crippen LogP contribution < -0.4 is 5.32 Å². The molecule has 0 bridgehead atoms. The Hall–Kier alpha value is -2.51. The van der Waals surface area contributed by atoms with Crippen LogP contribution in [0.4, 0.5) is 0 Å². The zero-order valence-electron chi connectivity index (χ0n) is 16.8. The number of aromatic nitrogens is 1. The Morgan fingerprint density at radius 1 is 1.32 bits per heavy atom. The number of likely N-dealkylation sites (tertiary alicyclic amines) is 1. The number of rotatable bonds is 7. The number of carbonyl (C=O) groups is 2. The fourth-order valence-corrected chi connectivity index (χ4v) is 3.59. The van der Waals surface area contributed by atoms with E-state index < -0.39 is 0 Å². The van der Waals surface area contributed by atoms with Crippen molar-refractivity contribution in [2.24, 2.45) is 0 Å². The monoisotopic (exact) mass is 384 g/mol. The Bertz CT molecular complexity index is 853. The van der Waals surface area contributed by atoms with E-state index in [1.54, 1.807) is 26.1 Å². The molecule has 0 spiro atoms. The SMILES string of the molecule is COCCNC(=O)CN1CCC(c2cc(C(=O)N(C)C)c3ccccc3n2)C1. The molecule has 0 radical (unpaired) electrons. The van der Waals surface area contributed by atoms with Crippen molar-refractivity contribution in [3.05, 3.63) is 41.6 Å². The summed E-state index contributed by atoms with van der Waals surface area (Å²) < 4.78 is 4.95. The highest BCUT2D eigenvalue weighted by molar-refractivity contribution is 6.06. The summed E-state index contributed by atoms with van der Waals surface area (Å²) in [5, 5.41) is 3.73. The highest BCUT2D eigenvalue weighted by atomic mass is 16.5. The number of nitrogens with zero attached hydrogens (tertiary/aromatic N) is 3. The lowest BCUT2D eigenvalue weighted by atomic mass is 9.99. The number of fused-ring (bicyclic) bond motifs is 1. The van der Waals surface area contributed by atoms with Crippen molar-refractivity contribution in [3.63, 3.8) is 0 Å². The van der Waals surface area contributed by atoms with Crippen molar-refractivity contribution in [1.82, 2.24) is 20.1 Å². The third-order valence-corrected chi connectivity index (χ3v) is 5.06. The van der Waals surface area contributed by atoms with Crippen molar-refractivity contribution in [3.8, 4) is 0 Å². The first kappa shape index (κ1) is 20.2. The van der Waals surface area contributed by atoms with Gasteiger partial charge >= 0.3 is 0 Å². The van der Waals surface area contributed by atoms with Gasteiger partial charge in [-0.2, -0.15) is 0 Å². The number of ether oxygens (including phenoxy) is 1. The number of carbonyl (C=O) groups excluding carboxylic acids is 2. The van der Waals surface area contributed by atoms with Gasteiger partial charge in [0, 0.05) is 51.3 Å². The van der Waals surface area contributed by atoms with E-state index in [-0.39, 0.29) is 17.7 Å². The average molecular weight is 384 g/mol. The predicted octanol–water partition coefficient (Wildman–Crippen LogP) is 1.49. The first-order chi connectivity index (χ1) is 13.5. The summed E-state index contributed by atoms with van der Waals surface area (Å²) in [5.74, 6) is 0.199. The first-order valence-electron chi connectivity index (χ1n) is 9.59. The van der Waals surface area contributed by atoms with E-state index in [0.29, 0.717) is 25.3 Å². The zero-order chi connectivity index (χ0) is 20.1. The lowest BCUT2D eigenvalue weighted by Crippen LogP contribution is -2.37. The van der Waals surface area contributed by atoms with Gasteiger partial charge in [0.1, 0.15) is 0 Å². The normalized spacial score (nSPS) is 17.0. The number of amides is 2. The molecule has 2 amide bonds. The second-order valence-electron chi connectivity index (χ2n) is 7.37. The fourth-order valence-electron chi connectivity index (χ4n) is 3.59. The van der Waals surface area contributed by atoms with Crippen molar-refractivity contribution in [2.75, 3.05) is 54.0 Å². The molecule has 1 aliphatic rings. The van der Waals surface area contributed by atoms with Gasteiger partial charge in [0.15, 0.2) is 0 Å². The summed E-state index contributed by atoms with van der Waals surface area (Å²) in [7, 11) is 5.14. The van der Waals surface area contributed by atoms with Gasteiger partial charge in [-0.25, -0.2) is 0 Å². The molecule has 0 aliphatic carbocycles. The summed E-state index contributed by atoms with van der Waals surface area (Å²) in [4.78, 5) is 33.3. The third-order valence-electron chi connectivity index (χ3n) is 5.06. The molecule has 1 aromatic heterocycles. The molecular formula is C21H28N4O3. The van der Waals surface area contributed by atoms with Crippen molar-refractivity contribution < 1.29 is 14.3 Å².